The molecule has 0 bridgehead atoms. The highest BCUT2D eigenvalue weighted by molar-refractivity contribution is 7.89. The minimum absolute atomic E-state index is 0.128. The quantitative estimate of drug-likeness (QED) is 0.656. The van der Waals surface area contributed by atoms with Gasteiger partial charge in [-0.1, -0.05) is 12.1 Å². The summed E-state index contributed by atoms with van der Waals surface area (Å²) in [5.74, 6) is 1.53. The van der Waals surface area contributed by atoms with Crippen molar-refractivity contribution in [3.63, 3.8) is 0 Å². The van der Waals surface area contributed by atoms with Gasteiger partial charge < -0.3 is 9.47 Å². The molecule has 27 heavy (non-hydrogen) atoms. The van der Waals surface area contributed by atoms with E-state index in [1.807, 2.05) is 45.0 Å². The number of ether oxygens (including phenoxy) is 2. The first-order chi connectivity index (χ1) is 12.7. The molecule has 0 amide bonds. The molecule has 0 aliphatic rings. The molecule has 148 valence electrons. The maximum Gasteiger partial charge on any atom is 0.240 e. The van der Waals surface area contributed by atoms with Crippen LogP contribution in [0.4, 0.5) is 0 Å². The number of aryl methyl sites for hydroxylation is 3. The highest BCUT2D eigenvalue weighted by Gasteiger charge is 2.18. The molecule has 2 aromatic carbocycles. The highest BCUT2D eigenvalue weighted by atomic mass is 32.2. The molecular weight excluding hydrogens is 362 g/mol. The van der Waals surface area contributed by atoms with E-state index in [4.69, 9.17) is 9.47 Å². The van der Waals surface area contributed by atoms with Gasteiger partial charge >= 0.3 is 0 Å². The van der Waals surface area contributed by atoms with Crippen molar-refractivity contribution in [2.24, 2.45) is 0 Å². The minimum Gasteiger partial charge on any atom is -0.496 e. The summed E-state index contributed by atoms with van der Waals surface area (Å²) in [6.45, 7) is 7.97. The monoisotopic (exact) mass is 391 g/mol. The molecule has 0 aromatic heterocycles. The Morgan fingerprint density at radius 3 is 2.48 bits per heavy atom. The Labute approximate surface area is 162 Å². The lowest BCUT2D eigenvalue weighted by Gasteiger charge is -2.13. The molecule has 0 aliphatic carbocycles. The summed E-state index contributed by atoms with van der Waals surface area (Å²) >= 11 is 0. The molecule has 0 heterocycles. The molecule has 6 heteroatoms. The lowest BCUT2D eigenvalue weighted by Crippen LogP contribution is -2.26. The topological polar surface area (TPSA) is 64.6 Å². The summed E-state index contributed by atoms with van der Waals surface area (Å²) in [6.07, 6.45) is 1.61. The molecule has 0 radical (unpaired) electrons. The second kappa shape index (κ2) is 9.24. The zero-order valence-corrected chi connectivity index (χ0v) is 17.5. The van der Waals surface area contributed by atoms with Gasteiger partial charge in [-0.25, -0.2) is 13.1 Å². The summed E-state index contributed by atoms with van der Waals surface area (Å²) in [4.78, 5) is 0.299. The first-order valence-electron chi connectivity index (χ1n) is 9.13. The number of hydrogen-bond acceptors (Lipinski definition) is 4. The third kappa shape index (κ3) is 5.97. The molecule has 0 saturated heterocycles. The Morgan fingerprint density at radius 2 is 1.81 bits per heavy atom. The SMILES string of the molecule is COc1cc(C)c(S(=O)(=O)NCCCc2cccc(OC(C)C)c2)cc1C. The summed E-state index contributed by atoms with van der Waals surface area (Å²) in [7, 11) is -1.97. The van der Waals surface area contributed by atoms with Crippen LogP contribution in [-0.4, -0.2) is 28.2 Å². The van der Waals surface area contributed by atoms with Crippen molar-refractivity contribution in [1.29, 1.82) is 0 Å². The van der Waals surface area contributed by atoms with Gasteiger partial charge in [0.25, 0.3) is 0 Å². The van der Waals surface area contributed by atoms with Crippen molar-refractivity contribution in [2.75, 3.05) is 13.7 Å². The fraction of sp³-hybridized carbons (Fsp3) is 0.429. The van der Waals surface area contributed by atoms with Gasteiger partial charge in [-0.05, 0) is 81.5 Å². The maximum atomic E-state index is 12.6. The van der Waals surface area contributed by atoms with E-state index in [2.05, 4.69) is 4.72 Å². The van der Waals surface area contributed by atoms with E-state index in [0.717, 1.165) is 23.3 Å². The van der Waals surface area contributed by atoms with Gasteiger partial charge in [0.05, 0.1) is 18.1 Å². The van der Waals surface area contributed by atoms with Gasteiger partial charge in [0.1, 0.15) is 11.5 Å². The number of nitrogens with one attached hydrogen (secondary N) is 1. The number of methoxy groups -OCH3 is 1. The second-order valence-electron chi connectivity index (χ2n) is 6.90. The Hall–Kier alpha value is -2.05. The predicted molar refractivity (Wildman–Crippen MR) is 108 cm³/mol. The third-order valence-electron chi connectivity index (χ3n) is 4.19. The number of hydrogen-bond donors (Lipinski definition) is 1. The summed E-state index contributed by atoms with van der Waals surface area (Å²) in [6, 6.07) is 11.3. The molecule has 0 unspecified atom stereocenters. The number of rotatable bonds is 9. The molecule has 2 rings (SSSR count). The van der Waals surface area contributed by atoms with Crippen molar-refractivity contribution in [3.8, 4) is 11.5 Å². The van der Waals surface area contributed by atoms with Crippen molar-refractivity contribution in [1.82, 2.24) is 4.72 Å². The van der Waals surface area contributed by atoms with Gasteiger partial charge in [-0.2, -0.15) is 0 Å². The van der Waals surface area contributed by atoms with Crippen LogP contribution in [0.1, 0.15) is 37.0 Å². The fourth-order valence-electron chi connectivity index (χ4n) is 2.90. The zero-order chi connectivity index (χ0) is 20.0. The molecule has 0 aliphatic heterocycles. The highest BCUT2D eigenvalue weighted by Crippen LogP contribution is 2.25. The van der Waals surface area contributed by atoms with Gasteiger partial charge in [0, 0.05) is 6.54 Å². The van der Waals surface area contributed by atoms with Crippen molar-refractivity contribution >= 4 is 10.0 Å². The molecule has 0 saturated carbocycles. The van der Waals surface area contributed by atoms with Crippen LogP contribution in [0.2, 0.25) is 0 Å². The minimum atomic E-state index is -3.55. The Balaban J connectivity index is 1.96. The van der Waals surface area contributed by atoms with E-state index in [9.17, 15) is 8.42 Å². The zero-order valence-electron chi connectivity index (χ0n) is 16.7. The smallest absolute Gasteiger partial charge is 0.240 e. The third-order valence-corrected chi connectivity index (χ3v) is 5.79. The van der Waals surface area contributed by atoms with Gasteiger partial charge in [-0.3, -0.25) is 0 Å². The normalized spacial score (nSPS) is 11.6. The molecule has 1 N–H and O–H groups in total. The first kappa shape index (κ1) is 21.3. The molecule has 0 fully saturated rings. The summed E-state index contributed by atoms with van der Waals surface area (Å²) in [5.41, 5.74) is 2.60. The fourth-order valence-corrected chi connectivity index (χ4v) is 4.28. The van der Waals surface area contributed by atoms with Crippen LogP contribution in [0.3, 0.4) is 0 Å². The first-order valence-corrected chi connectivity index (χ1v) is 10.6. The van der Waals surface area contributed by atoms with Gasteiger partial charge in [0.2, 0.25) is 10.0 Å². The molecule has 0 spiro atoms. The van der Waals surface area contributed by atoms with Crippen LogP contribution < -0.4 is 14.2 Å². The largest absolute Gasteiger partial charge is 0.496 e. The van der Waals surface area contributed by atoms with Crippen LogP contribution in [-0.2, 0) is 16.4 Å². The van der Waals surface area contributed by atoms with E-state index in [1.54, 1.807) is 26.2 Å². The Bertz CT molecular complexity index is 876. The van der Waals surface area contributed by atoms with E-state index >= 15 is 0 Å². The van der Waals surface area contributed by atoms with Crippen molar-refractivity contribution in [2.45, 2.75) is 51.5 Å². The van der Waals surface area contributed by atoms with Crippen LogP contribution in [0.25, 0.3) is 0 Å². The van der Waals surface area contributed by atoms with Crippen molar-refractivity contribution in [3.05, 3.63) is 53.1 Å². The van der Waals surface area contributed by atoms with Crippen LogP contribution in [0.15, 0.2) is 41.3 Å². The lowest BCUT2D eigenvalue weighted by molar-refractivity contribution is 0.242. The summed E-state index contributed by atoms with van der Waals surface area (Å²) in [5, 5.41) is 0. The Morgan fingerprint density at radius 1 is 1.07 bits per heavy atom. The van der Waals surface area contributed by atoms with E-state index in [-0.39, 0.29) is 6.10 Å². The van der Waals surface area contributed by atoms with E-state index in [0.29, 0.717) is 29.2 Å². The average Bonchev–Trinajstić information content (AvgIpc) is 2.60. The lowest BCUT2D eigenvalue weighted by atomic mass is 10.1. The number of sulfonamides is 1. The van der Waals surface area contributed by atoms with Crippen LogP contribution in [0.5, 0.6) is 11.5 Å². The molecular formula is C21H29NO4S. The van der Waals surface area contributed by atoms with Crippen molar-refractivity contribution < 1.29 is 17.9 Å². The van der Waals surface area contributed by atoms with E-state index < -0.39 is 10.0 Å². The molecule has 2 aromatic rings. The maximum absolute atomic E-state index is 12.6. The van der Waals surface area contributed by atoms with E-state index in [1.165, 1.54) is 0 Å². The standard InChI is InChI=1S/C21H29NO4S/c1-15(2)26-19-10-6-8-18(14-19)9-7-11-22-27(23,24)21-13-16(3)20(25-5)12-17(21)4/h6,8,10,12-15,22H,7,9,11H2,1-5H3. The summed E-state index contributed by atoms with van der Waals surface area (Å²) < 4.78 is 38.9. The van der Waals surface area contributed by atoms with Crippen LogP contribution in [0, 0.1) is 13.8 Å². The second-order valence-corrected chi connectivity index (χ2v) is 8.64. The van der Waals surface area contributed by atoms with Gasteiger partial charge in [-0.15, -0.1) is 0 Å². The van der Waals surface area contributed by atoms with Gasteiger partial charge in [0.15, 0.2) is 0 Å². The average molecular weight is 392 g/mol. The number of benzene rings is 2. The molecule has 0 atom stereocenters. The Kier molecular flexibility index (Phi) is 7.27. The predicted octanol–water partition coefficient (Wildman–Crippen LogP) is 4.01. The van der Waals surface area contributed by atoms with Crippen LogP contribution >= 0.6 is 0 Å². The molecule has 5 nitrogen and oxygen atoms in total.